The fraction of sp³-hybridized carbons (Fsp3) is 0.909. The Bertz CT molecular complexity index is 153. The highest BCUT2D eigenvalue weighted by molar-refractivity contribution is 5.76. The van der Waals surface area contributed by atoms with Gasteiger partial charge < -0.3 is 10.6 Å². The third-order valence-electron chi connectivity index (χ3n) is 2.22. The molecule has 0 saturated heterocycles. The topological polar surface area (TPSA) is 41.1 Å². The van der Waals surface area contributed by atoms with Crippen molar-refractivity contribution in [1.29, 1.82) is 0 Å². The largest absolute Gasteiger partial charge is 0.354 e. The number of amides is 1. The molecular formula is C11H24N2O. The third-order valence-corrected chi connectivity index (χ3v) is 2.22. The van der Waals surface area contributed by atoms with E-state index in [0.717, 1.165) is 19.4 Å². The van der Waals surface area contributed by atoms with Crippen LogP contribution in [0.1, 0.15) is 47.0 Å². The van der Waals surface area contributed by atoms with Gasteiger partial charge in [0, 0.05) is 25.0 Å². The minimum Gasteiger partial charge on any atom is -0.354 e. The Labute approximate surface area is 87.6 Å². The predicted molar refractivity (Wildman–Crippen MR) is 60.3 cm³/mol. The summed E-state index contributed by atoms with van der Waals surface area (Å²) in [5, 5.41) is 6.24. The summed E-state index contributed by atoms with van der Waals surface area (Å²) in [6.07, 6.45) is 2.83. The highest BCUT2D eigenvalue weighted by Crippen LogP contribution is 1.95. The lowest BCUT2D eigenvalue weighted by molar-refractivity contribution is -0.121. The fourth-order valence-electron chi connectivity index (χ4n) is 1.36. The fourth-order valence-corrected chi connectivity index (χ4v) is 1.36. The monoisotopic (exact) mass is 200 g/mol. The zero-order valence-electron chi connectivity index (χ0n) is 9.89. The molecule has 0 aliphatic rings. The maximum atomic E-state index is 11.3. The van der Waals surface area contributed by atoms with Crippen LogP contribution in [-0.4, -0.2) is 24.5 Å². The molecule has 0 radical (unpaired) electrons. The summed E-state index contributed by atoms with van der Waals surface area (Å²) in [5.74, 6) is 0.137. The average Bonchev–Trinajstić information content (AvgIpc) is 2.11. The molecule has 0 rings (SSSR count). The Morgan fingerprint density at radius 3 is 2.21 bits per heavy atom. The van der Waals surface area contributed by atoms with Gasteiger partial charge in [-0.15, -0.1) is 0 Å². The van der Waals surface area contributed by atoms with Crippen LogP contribution in [0.5, 0.6) is 0 Å². The zero-order chi connectivity index (χ0) is 11.0. The van der Waals surface area contributed by atoms with Crippen molar-refractivity contribution in [3.8, 4) is 0 Å². The second-order valence-electron chi connectivity index (χ2n) is 3.94. The van der Waals surface area contributed by atoms with E-state index in [9.17, 15) is 4.79 Å². The van der Waals surface area contributed by atoms with Crippen molar-refractivity contribution in [3.05, 3.63) is 0 Å². The molecule has 3 heteroatoms. The van der Waals surface area contributed by atoms with Crippen molar-refractivity contribution in [1.82, 2.24) is 10.6 Å². The molecule has 0 unspecified atom stereocenters. The first-order valence-electron chi connectivity index (χ1n) is 5.62. The summed E-state index contributed by atoms with van der Waals surface area (Å²) in [6, 6.07) is 0.803. The van der Waals surface area contributed by atoms with Crippen molar-refractivity contribution in [2.75, 3.05) is 6.54 Å². The molecular weight excluding hydrogens is 176 g/mol. The highest BCUT2D eigenvalue weighted by Gasteiger charge is 2.05. The van der Waals surface area contributed by atoms with Crippen LogP contribution in [0.3, 0.4) is 0 Å². The minimum absolute atomic E-state index is 0.137. The first-order chi connectivity index (χ1) is 6.60. The smallest absolute Gasteiger partial charge is 0.221 e. The molecule has 2 N–H and O–H groups in total. The van der Waals surface area contributed by atoms with Gasteiger partial charge in [0.15, 0.2) is 0 Å². The summed E-state index contributed by atoms with van der Waals surface area (Å²) < 4.78 is 0. The van der Waals surface area contributed by atoms with Gasteiger partial charge in [-0.25, -0.2) is 0 Å². The first kappa shape index (κ1) is 13.4. The Morgan fingerprint density at radius 1 is 1.21 bits per heavy atom. The molecule has 0 spiro atoms. The van der Waals surface area contributed by atoms with Gasteiger partial charge in [0.1, 0.15) is 0 Å². The van der Waals surface area contributed by atoms with Gasteiger partial charge in [0.05, 0.1) is 0 Å². The summed E-state index contributed by atoms with van der Waals surface area (Å²) in [7, 11) is 0. The van der Waals surface area contributed by atoms with Gasteiger partial charge in [0.2, 0.25) is 5.91 Å². The molecule has 0 aromatic heterocycles. The van der Waals surface area contributed by atoms with E-state index in [-0.39, 0.29) is 11.9 Å². The van der Waals surface area contributed by atoms with Gasteiger partial charge in [-0.2, -0.15) is 0 Å². The quantitative estimate of drug-likeness (QED) is 0.656. The van der Waals surface area contributed by atoms with Crippen molar-refractivity contribution < 1.29 is 4.79 Å². The van der Waals surface area contributed by atoms with E-state index in [4.69, 9.17) is 0 Å². The van der Waals surface area contributed by atoms with E-state index in [1.165, 1.54) is 0 Å². The standard InChI is InChI=1S/C11H24N2O/c1-5-10(6-2)12-8-7-11(14)13-9(3)4/h9-10,12H,5-8H2,1-4H3,(H,13,14). The first-order valence-corrected chi connectivity index (χ1v) is 5.62. The normalized spacial score (nSPS) is 11.0. The van der Waals surface area contributed by atoms with Gasteiger partial charge in [0.25, 0.3) is 0 Å². The summed E-state index contributed by atoms with van der Waals surface area (Å²) in [6.45, 7) is 9.06. The molecule has 0 heterocycles. The summed E-state index contributed by atoms with van der Waals surface area (Å²) in [4.78, 5) is 11.3. The Hall–Kier alpha value is -0.570. The van der Waals surface area contributed by atoms with Crippen molar-refractivity contribution >= 4 is 5.91 Å². The van der Waals surface area contributed by atoms with Crippen LogP contribution in [-0.2, 0) is 4.79 Å². The lowest BCUT2D eigenvalue weighted by Gasteiger charge is -2.14. The molecule has 0 saturated carbocycles. The summed E-state index contributed by atoms with van der Waals surface area (Å²) >= 11 is 0. The maximum Gasteiger partial charge on any atom is 0.221 e. The number of hydrogen-bond donors (Lipinski definition) is 2. The van der Waals surface area contributed by atoms with Crippen LogP contribution >= 0.6 is 0 Å². The van der Waals surface area contributed by atoms with Crippen LogP contribution < -0.4 is 10.6 Å². The number of rotatable bonds is 7. The summed E-state index contributed by atoms with van der Waals surface area (Å²) in [5.41, 5.74) is 0. The van der Waals surface area contributed by atoms with Crippen LogP contribution in [0, 0.1) is 0 Å². The Kier molecular flexibility index (Phi) is 7.48. The molecule has 84 valence electrons. The van der Waals surface area contributed by atoms with E-state index in [2.05, 4.69) is 24.5 Å². The molecule has 0 aliphatic carbocycles. The molecule has 3 nitrogen and oxygen atoms in total. The van der Waals surface area contributed by atoms with Crippen molar-refractivity contribution in [2.45, 2.75) is 59.0 Å². The lowest BCUT2D eigenvalue weighted by atomic mass is 10.2. The van der Waals surface area contributed by atoms with E-state index < -0.39 is 0 Å². The van der Waals surface area contributed by atoms with Gasteiger partial charge >= 0.3 is 0 Å². The number of nitrogens with one attached hydrogen (secondary N) is 2. The molecule has 0 fully saturated rings. The molecule has 0 bridgehead atoms. The third kappa shape index (κ3) is 6.89. The second kappa shape index (κ2) is 7.80. The lowest BCUT2D eigenvalue weighted by Crippen LogP contribution is -2.35. The molecule has 0 aliphatic heterocycles. The highest BCUT2D eigenvalue weighted by atomic mass is 16.1. The van der Waals surface area contributed by atoms with Gasteiger partial charge in [-0.1, -0.05) is 13.8 Å². The van der Waals surface area contributed by atoms with Gasteiger partial charge in [-0.05, 0) is 26.7 Å². The molecule has 1 amide bonds. The van der Waals surface area contributed by atoms with Crippen molar-refractivity contribution in [2.24, 2.45) is 0 Å². The molecule has 0 aromatic carbocycles. The SMILES string of the molecule is CCC(CC)NCCC(=O)NC(C)C. The second-order valence-corrected chi connectivity index (χ2v) is 3.94. The zero-order valence-corrected chi connectivity index (χ0v) is 9.89. The molecule has 0 atom stereocenters. The van der Waals surface area contributed by atoms with E-state index >= 15 is 0 Å². The number of carbonyl (C=O) groups excluding carboxylic acids is 1. The van der Waals surface area contributed by atoms with Crippen LogP contribution in [0.2, 0.25) is 0 Å². The van der Waals surface area contributed by atoms with Crippen LogP contribution in [0.15, 0.2) is 0 Å². The molecule has 14 heavy (non-hydrogen) atoms. The van der Waals surface area contributed by atoms with E-state index in [1.807, 2.05) is 13.8 Å². The average molecular weight is 200 g/mol. The number of carbonyl (C=O) groups is 1. The van der Waals surface area contributed by atoms with E-state index in [0.29, 0.717) is 12.5 Å². The van der Waals surface area contributed by atoms with E-state index in [1.54, 1.807) is 0 Å². The van der Waals surface area contributed by atoms with Crippen LogP contribution in [0.25, 0.3) is 0 Å². The maximum absolute atomic E-state index is 11.3. The van der Waals surface area contributed by atoms with Gasteiger partial charge in [-0.3, -0.25) is 4.79 Å². The Morgan fingerprint density at radius 2 is 1.79 bits per heavy atom. The minimum atomic E-state index is 0.137. The molecule has 0 aromatic rings. The Balaban J connectivity index is 3.48. The van der Waals surface area contributed by atoms with Crippen molar-refractivity contribution in [3.63, 3.8) is 0 Å². The number of hydrogen-bond acceptors (Lipinski definition) is 2. The van der Waals surface area contributed by atoms with Crippen LogP contribution in [0.4, 0.5) is 0 Å². The predicted octanol–water partition coefficient (Wildman–Crippen LogP) is 1.68.